The lowest BCUT2D eigenvalue weighted by atomic mass is 9.81. The lowest BCUT2D eigenvalue weighted by Gasteiger charge is -2.48. The van der Waals surface area contributed by atoms with E-state index in [1.54, 1.807) is 33.8 Å². The van der Waals surface area contributed by atoms with Crippen LogP contribution in [0.4, 0.5) is 4.39 Å². The predicted octanol–water partition coefficient (Wildman–Crippen LogP) is 4.78. The van der Waals surface area contributed by atoms with E-state index in [2.05, 4.69) is 0 Å². The summed E-state index contributed by atoms with van der Waals surface area (Å²) < 4.78 is 50.3. The first-order valence-electron chi connectivity index (χ1n) is 22.5. The largest absolute Gasteiger partial charge is 0.464 e. The van der Waals surface area contributed by atoms with Crippen molar-refractivity contribution in [2.24, 2.45) is 34.6 Å². The molecule has 0 radical (unpaired) electrons. The molecule has 5 rings (SSSR count). The number of cyclic esters (lactones) is 1. The lowest BCUT2D eigenvalue weighted by molar-refractivity contribution is -0.302. The normalized spacial score (nSPS) is 40.4. The second kappa shape index (κ2) is 21.5. The Hall–Kier alpha value is -3.41. The number of ether oxygens (including phenoxy) is 6. The maximum absolute atomic E-state index is 15.5. The first kappa shape index (κ1) is 49.6. The number of rotatable bonds is 8. The van der Waals surface area contributed by atoms with Crippen LogP contribution in [0.1, 0.15) is 112 Å². The number of aliphatic hydroxyl groups is 2. The molecule has 14 atom stereocenters. The Morgan fingerprint density at radius 1 is 0.984 bits per heavy atom. The van der Waals surface area contributed by atoms with Crippen LogP contribution in [0.25, 0.3) is 0 Å². The second-order valence-corrected chi connectivity index (χ2v) is 18.4. The van der Waals surface area contributed by atoms with Crippen molar-refractivity contribution < 1.29 is 67.0 Å². The summed E-state index contributed by atoms with van der Waals surface area (Å²) in [5.41, 5.74) is -1.24. The van der Waals surface area contributed by atoms with Gasteiger partial charge in [0.2, 0.25) is 11.4 Å². The van der Waals surface area contributed by atoms with E-state index in [4.69, 9.17) is 33.4 Å². The first-order valence-corrected chi connectivity index (χ1v) is 22.5. The fourth-order valence-electron chi connectivity index (χ4n) is 10.1. The summed E-state index contributed by atoms with van der Waals surface area (Å²) in [7, 11) is 3.03. The Bertz CT molecular complexity index is 1720. The van der Waals surface area contributed by atoms with Crippen molar-refractivity contribution in [3.05, 3.63) is 23.3 Å². The van der Waals surface area contributed by atoms with Gasteiger partial charge in [0.15, 0.2) is 5.78 Å². The standard InChI is InChI=1S/C46H69FN2O13/c1-9-59-39(52)25-60-36-13-12-31(23-33(36)47)21-28(4)40-30(6)34(50)24-35(51)32-14-16-48-45(44(55)61-40)15-10-11-17-49(45)43(54)42(53)46(56)29(5)22-38(58-8)41(62-46)37(57-7)20-27(3)18-26(2)19-32/h14,16,21,26-27,29-31,33-34,36-38,40-41,50,56H,9-13,15,17-20,22-25H2,1-8H3/b28-21?,32-14-,48-16?. The molecule has 0 aromatic carbocycles. The summed E-state index contributed by atoms with van der Waals surface area (Å²) in [5, 5.41) is 23.9. The highest BCUT2D eigenvalue weighted by molar-refractivity contribution is 6.39. The fourth-order valence-corrected chi connectivity index (χ4v) is 10.1. The van der Waals surface area contributed by atoms with Crippen molar-refractivity contribution in [1.82, 2.24) is 4.90 Å². The third-order valence-corrected chi connectivity index (χ3v) is 13.7. The molecule has 15 nitrogen and oxygen atoms in total. The number of hydrogen-bond acceptors (Lipinski definition) is 14. The highest BCUT2D eigenvalue weighted by atomic mass is 19.1. The maximum Gasteiger partial charge on any atom is 0.355 e. The molecule has 4 bridgehead atoms. The van der Waals surface area contributed by atoms with Gasteiger partial charge in [0.1, 0.15) is 25.0 Å². The van der Waals surface area contributed by atoms with Crippen molar-refractivity contribution in [3.8, 4) is 0 Å². The maximum atomic E-state index is 15.5. The van der Waals surface area contributed by atoms with E-state index < -0.39 is 89.7 Å². The van der Waals surface area contributed by atoms with Crippen molar-refractivity contribution in [1.29, 1.82) is 0 Å². The van der Waals surface area contributed by atoms with Crippen LogP contribution in [0.3, 0.4) is 0 Å². The fraction of sp³-hybridized carbons (Fsp3) is 0.783. The first-order chi connectivity index (χ1) is 29.4. The zero-order valence-electron chi connectivity index (χ0n) is 37.7. The molecular formula is C46H69FN2O13. The van der Waals surface area contributed by atoms with E-state index in [0.717, 1.165) is 4.90 Å². The molecule has 2 saturated heterocycles. The van der Waals surface area contributed by atoms with Crippen molar-refractivity contribution in [2.75, 3.05) is 34.0 Å². The van der Waals surface area contributed by atoms with E-state index in [1.165, 1.54) is 26.5 Å². The molecule has 1 amide bonds. The van der Waals surface area contributed by atoms with Gasteiger partial charge in [0, 0.05) is 51.7 Å². The second-order valence-electron chi connectivity index (χ2n) is 18.4. The van der Waals surface area contributed by atoms with Gasteiger partial charge >= 0.3 is 11.9 Å². The molecule has 2 N–H and O–H groups in total. The Morgan fingerprint density at radius 2 is 1.69 bits per heavy atom. The summed E-state index contributed by atoms with van der Waals surface area (Å²) in [6.07, 6.45) is 0.795. The molecule has 4 heterocycles. The third kappa shape index (κ3) is 11.1. The van der Waals surface area contributed by atoms with Crippen LogP contribution in [0.2, 0.25) is 0 Å². The number of fused-ring (bicyclic) bond motifs is 3. The summed E-state index contributed by atoms with van der Waals surface area (Å²) in [6, 6.07) is 0. The highest BCUT2D eigenvalue weighted by Crippen LogP contribution is 2.41. The molecule has 4 aliphatic heterocycles. The number of carbonyl (C=O) groups excluding carboxylic acids is 5. The number of methoxy groups -OCH3 is 2. The van der Waals surface area contributed by atoms with E-state index in [-0.39, 0.29) is 69.0 Å². The minimum atomic E-state index is -2.60. The number of carbonyl (C=O) groups is 5. The quantitative estimate of drug-likeness (QED) is 0.192. The van der Waals surface area contributed by atoms with E-state index in [9.17, 15) is 34.2 Å². The monoisotopic (exact) mass is 876 g/mol. The van der Waals surface area contributed by atoms with Gasteiger partial charge in [-0.15, -0.1) is 0 Å². The molecule has 1 saturated carbocycles. The molecule has 5 aliphatic rings. The number of Topliss-reactive ketones (excluding diaryl/α,β-unsaturated/α-hetero) is 2. The van der Waals surface area contributed by atoms with Crippen molar-refractivity contribution in [2.45, 2.75) is 166 Å². The Kier molecular flexibility index (Phi) is 17.2. The van der Waals surface area contributed by atoms with Crippen LogP contribution in [0, 0.1) is 29.6 Å². The highest BCUT2D eigenvalue weighted by Gasteiger charge is 2.59. The van der Waals surface area contributed by atoms with Gasteiger partial charge in [-0.3, -0.25) is 19.4 Å². The van der Waals surface area contributed by atoms with Gasteiger partial charge in [0.25, 0.3) is 11.7 Å². The van der Waals surface area contributed by atoms with Crippen LogP contribution in [-0.4, -0.2) is 139 Å². The summed E-state index contributed by atoms with van der Waals surface area (Å²) in [6.45, 7) is 10.4. The minimum Gasteiger partial charge on any atom is -0.464 e. The number of aliphatic imine (C=N–C) groups is 1. The van der Waals surface area contributed by atoms with Crippen LogP contribution >= 0.6 is 0 Å². The van der Waals surface area contributed by atoms with Gasteiger partial charge in [-0.1, -0.05) is 33.8 Å². The SMILES string of the molecule is CCOC(=O)COC1CCC(C=C(C)C2OC(=O)C34CCCCN3C(=O)C(=O)C3(O)OC(C(OC)CC(C)CC(C)C/C(=C/C=N4)C(=O)CC(O)C2C)C(OC)CC3C)CC1F. The van der Waals surface area contributed by atoms with Crippen molar-refractivity contribution in [3.63, 3.8) is 0 Å². The number of aliphatic hydroxyl groups excluding tert-OH is 1. The molecule has 348 valence electrons. The summed E-state index contributed by atoms with van der Waals surface area (Å²) in [5.74, 6) is -9.03. The number of hydrogen-bond donors (Lipinski definition) is 2. The summed E-state index contributed by atoms with van der Waals surface area (Å²) in [4.78, 5) is 76.0. The third-order valence-electron chi connectivity index (χ3n) is 13.7. The molecule has 14 unspecified atom stereocenters. The molecule has 1 spiro atoms. The lowest BCUT2D eigenvalue weighted by Crippen LogP contribution is -2.67. The number of ketones is 2. The molecule has 0 aromatic heterocycles. The summed E-state index contributed by atoms with van der Waals surface area (Å²) >= 11 is 0. The zero-order chi connectivity index (χ0) is 45.5. The smallest absolute Gasteiger partial charge is 0.355 e. The topological polar surface area (TPSA) is 197 Å². The molecule has 62 heavy (non-hydrogen) atoms. The van der Waals surface area contributed by atoms with Gasteiger partial charge in [-0.2, -0.15) is 0 Å². The average molecular weight is 877 g/mol. The Labute approximate surface area is 365 Å². The number of alkyl halides is 1. The molecule has 1 aliphatic carbocycles. The number of allylic oxidation sites excluding steroid dienone is 3. The van der Waals surface area contributed by atoms with Gasteiger partial charge < -0.3 is 43.5 Å². The Balaban J connectivity index is 1.57. The van der Waals surface area contributed by atoms with Gasteiger partial charge in [-0.25, -0.2) is 14.0 Å². The van der Waals surface area contributed by atoms with Crippen LogP contribution < -0.4 is 0 Å². The van der Waals surface area contributed by atoms with Crippen LogP contribution in [0.15, 0.2) is 28.3 Å². The Morgan fingerprint density at radius 3 is 2.37 bits per heavy atom. The zero-order valence-corrected chi connectivity index (χ0v) is 37.7. The van der Waals surface area contributed by atoms with E-state index >= 15 is 4.39 Å². The van der Waals surface area contributed by atoms with Crippen LogP contribution in [0.5, 0.6) is 0 Å². The molecule has 3 fully saturated rings. The molecule has 16 heteroatoms. The number of piperidine rings is 1. The molecule has 0 aromatic rings. The van der Waals surface area contributed by atoms with Gasteiger partial charge in [-0.05, 0) is 107 Å². The average Bonchev–Trinajstić information content (AvgIpc) is 3.23. The van der Waals surface area contributed by atoms with E-state index in [1.807, 2.05) is 13.8 Å². The number of nitrogens with zero attached hydrogens (tertiary/aromatic N) is 2. The van der Waals surface area contributed by atoms with Gasteiger partial charge in [0.05, 0.1) is 31.0 Å². The minimum absolute atomic E-state index is 0.0140. The van der Waals surface area contributed by atoms with Crippen LogP contribution in [-0.2, 0) is 52.4 Å². The number of halogens is 1. The predicted molar refractivity (Wildman–Crippen MR) is 224 cm³/mol. The number of esters is 2. The molecular weight excluding hydrogens is 808 g/mol. The number of amides is 1. The van der Waals surface area contributed by atoms with E-state index in [0.29, 0.717) is 56.1 Å². The van der Waals surface area contributed by atoms with Crippen molar-refractivity contribution >= 4 is 35.6 Å².